The van der Waals surface area contributed by atoms with Crippen molar-refractivity contribution in [1.82, 2.24) is 20.2 Å². The summed E-state index contributed by atoms with van der Waals surface area (Å²) in [7, 11) is 2.16. The van der Waals surface area contributed by atoms with Crippen molar-refractivity contribution in [2.45, 2.75) is 32.2 Å². The smallest absolute Gasteiger partial charge is 0.251 e. The zero-order valence-corrected chi connectivity index (χ0v) is 18.1. The van der Waals surface area contributed by atoms with E-state index in [0.29, 0.717) is 24.1 Å². The van der Waals surface area contributed by atoms with Gasteiger partial charge in [-0.3, -0.25) is 4.79 Å². The lowest BCUT2D eigenvalue weighted by Crippen LogP contribution is -2.31. The van der Waals surface area contributed by atoms with Crippen molar-refractivity contribution in [3.05, 3.63) is 71.9 Å². The molecule has 1 amide bonds. The molecule has 1 unspecified atom stereocenters. The molecule has 0 bridgehead atoms. The summed E-state index contributed by atoms with van der Waals surface area (Å²) in [6.45, 7) is 3.92. The number of benzene rings is 2. The van der Waals surface area contributed by atoms with E-state index in [1.54, 1.807) is 6.20 Å². The number of aryl methyl sites for hydroxylation is 1. The summed E-state index contributed by atoms with van der Waals surface area (Å²) < 4.78 is 0. The minimum Gasteiger partial charge on any atom is -0.352 e. The average Bonchev–Trinajstić information content (AvgIpc) is 3.19. The lowest BCUT2D eigenvalue weighted by atomic mass is 10.1. The number of hydrogen-bond acceptors (Lipinski definition) is 5. The molecule has 6 heteroatoms. The highest BCUT2D eigenvalue weighted by atomic mass is 16.1. The molecule has 160 valence electrons. The summed E-state index contributed by atoms with van der Waals surface area (Å²) in [5.74, 6) is 0.487. The first-order chi connectivity index (χ1) is 15.1. The predicted molar refractivity (Wildman–Crippen MR) is 125 cm³/mol. The Balaban J connectivity index is 1.33. The molecule has 31 heavy (non-hydrogen) atoms. The molecule has 1 fully saturated rings. The number of anilines is 2. The number of likely N-dealkylation sites (tertiary alicyclic amines) is 1. The van der Waals surface area contributed by atoms with Crippen molar-refractivity contribution in [3.63, 3.8) is 0 Å². The zero-order valence-electron chi connectivity index (χ0n) is 18.1. The quantitative estimate of drug-likeness (QED) is 0.598. The van der Waals surface area contributed by atoms with Gasteiger partial charge in [-0.05, 0) is 70.1 Å². The van der Waals surface area contributed by atoms with Gasteiger partial charge in [0.25, 0.3) is 5.91 Å². The van der Waals surface area contributed by atoms with E-state index in [1.165, 1.54) is 18.4 Å². The van der Waals surface area contributed by atoms with Gasteiger partial charge in [0.2, 0.25) is 5.95 Å². The lowest BCUT2D eigenvalue weighted by molar-refractivity contribution is 0.0950. The third-order valence-corrected chi connectivity index (χ3v) is 5.84. The Morgan fingerprint density at radius 1 is 1.10 bits per heavy atom. The van der Waals surface area contributed by atoms with Crippen molar-refractivity contribution >= 4 is 17.5 Å². The fraction of sp³-hybridized carbons (Fsp3) is 0.320. The highest BCUT2D eigenvalue weighted by molar-refractivity contribution is 5.94. The lowest BCUT2D eigenvalue weighted by Gasteiger charge is -2.19. The van der Waals surface area contributed by atoms with E-state index in [1.807, 2.05) is 30.3 Å². The van der Waals surface area contributed by atoms with Crippen LogP contribution in [0.15, 0.2) is 60.8 Å². The van der Waals surface area contributed by atoms with Crippen LogP contribution < -0.4 is 10.6 Å². The van der Waals surface area contributed by atoms with E-state index < -0.39 is 0 Å². The van der Waals surface area contributed by atoms with Crippen LogP contribution in [0.4, 0.5) is 11.6 Å². The number of aromatic nitrogens is 2. The van der Waals surface area contributed by atoms with Crippen LogP contribution >= 0.6 is 0 Å². The molecule has 4 rings (SSSR count). The molecule has 0 radical (unpaired) electrons. The molecule has 1 aromatic heterocycles. The second kappa shape index (κ2) is 9.71. The first-order valence-corrected chi connectivity index (χ1v) is 10.8. The molecule has 1 saturated heterocycles. The van der Waals surface area contributed by atoms with Gasteiger partial charge in [0, 0.05) is 35.6 Å². The number of hydrogen-bond donors (Lipinski definition) is 2. The predicted octanol–water partition coefficient (Wildman–Crippen LogP) is 4.41. The number of nitrogens with one attached hydrogen (secondary N) is 2. The largest absolute Gasteiger partial charge is 0.352 e. The van der Waals surface area contributed by atoms with Crippen LogP contribution in [-0.2, 0) is 0 Å². The maximum absolute atomic E-state index is 12.4. The van der Waals surface area contributed by atoms with Crippen LogP contribution in [0.25, 0.3) is 11.3 Å². The highest BCUT2D eigenvalue weighted by Crippen LogP contribution is 2.20. The Morgan fingerprint density at radius 2 is 1.87 bits per heavy atom. The third-order valence-electron chi connectivity index (χ3n) is 5.84. The molecule has 6 nitrogen and oxygen atoms in total. The van der Waals surface area contributed by atoms with E-state index in [-0.39, 0.29) is 5.91 Å². The SMILES string of the molecule is Cc1ccc(-c2ccnc(Nc3ccc(C(=O)NCCC4CCCN4C)cc3)n2)cc1. The van der Waals surface area contributed by atoms with Gasteiger partial charge >= 0.3 is 0 Å². The molecule has 2 heterocycles. The van der Waals surface area contributed by atoms with Crippen LogP contribution in [0.5, 0.6) is 0 Å². The van der Waals surface area contributed by atoms with Crippen molar-refractivity contribution in [2.24, 2.45) is 0 Å². The Hall–Kier alpha value is -3.25. The Bertz CT molecular complexity index is 1020. The summed E-state index contributed by atoms with van der Waals surface area (Å²) >= 11 is 0. The van der Waals surface area contributed by atoms with E-state index in [9.17, 15) is 4.79 Å². The van der Waals surface area contributed by atoms with Gasteiger partial charge in [-0.2, -0.15) is 0 Å². The minimum absolute atomic E-state index is 0.0372. The van der Waals surface area contributed by atoms with E-state index in [4.69, 9.17) is 0 Å². The molecule has 2 N–H and O–H groups in total. The second-order valence-corrected chi connectivity index (χ2v) is 8.16. The van der Waals surface area contributed by atoms with Gasteiger partial charge in [-0.25, -0.2) is 9.97 Å². The maximum Gasteiger partial charge on any atom is 0.251 e. The fourth-order valence-corrected chi connectivity index (χ4v) is 3.94. The summed E-state index contributed by atoms with van der Waals surface area (Å²) in [5.41, 5.74) is 4.62. The van der Waals surface area contributed by atoms with Gasteiger partial charge in [-0.15, -0.1) is 0 Å². The number of amides is 1. The van der Waals surface area contributed by atoms with Gasteiger partial charge in [0.1, 0.15) is 0 Å². The van der Waals surface area contributed by atoms with Crippen LogP contribution in [-0.4, -0.2) is 47.0 Å². The molecule has 1 aliphatic heterocycles. The molecular weight excluding hydrogens is 386 g/mol. The molecule has 0 aliphatic carbocycles. The zero-order chi connectivity index (χ0) is 21.6. The first kappa shape index (κ1) is 21.0. The number of carbonyl (C=O) groups is 1. The van der Waals surface area contributed by atoms with Crippen molar-refractivity contribution in [2.75, 3.05) is 25.5 Å². The van der Waals surface area contributed by atoms with Gasteiger partial charge < -0.3 is 15.5 Å². The van der Waals surface area contributed by atoms with Gasteiger partial charge in [0.05, 0.1) is 5.69 Å². The summed E-state index contributed by atoms with van der Waals surface area (Å²) in [6, 6.07) is 18.1. The van der Waals surface area contributed by atoms with Crippen LogP contribution in [0.1, 0.15) is 35.2 Å². The molecule has 2 aromatic carbocycles. The fourth-order valence-electron chi connectivity index (χ4n) is 3.94. The van der Waals surface area contributed by atoms with Crippen LogP contribution in [0.2, 0.25) is 0 Å². The Kier molecular flexibility index (Phi) is 6.57. The summed E-state index contributed by atoms with van der Waals surface area (Å²) in [6.07, 6.45) is 5.21. The standard InChI is InChI=1S/C25H29N5O/c1-18-5-7-19(8-6-18)23-14-16-27-25(29-23)28-21-11-9-20(10-12-21)24(31)26-15-13-22-4-3-17-30(22)2/h5-12,14,16,22H,3-4,13,15,17H2,1-2H3,(H,26,31)(H,27,28,29). The van der Waals surface area contributed by atoms with Gasteiger partial charge in [-0.1, -0.05) is 29.8 Å². The number of rotatable bonds is 7. The monoisotopic (exact) mass is 415 g/mol. The molecule has 1 atom stereocenters. The minimum atomic E-state index is -0.0372. The molecule has 0 saturated carbocycles. The summed E-state index contributed by atoms with van der Waals surface area (Å²) in [5, 5.41) is 6.25. The molecule has 1 aliphatic rings. The topological polar surface area (TPSA) is 70.2 Å². The second-order valence-electron chi connectivity index (χ2n) is 8.16. The Labute approximate surface area is 183 Å². The number of nitrogens with zero attached hydrogens (tertiary/aromatic N) is 3. The molecule has 3 aromatic rings. The highest BCUT2D eigenvalue weighted by Gasteiger charge is 2.20. The normalized spacial score (nSPS) is 16.3. The third kappa shape index (κ3) is 5.47. The summed E-state index contributed by atoms with van der Waals surface area (Å²) in [4.78, 5) is 23.7. The van der Waals surface area contributed by atoms with Crippen LogP contribution in [0, 0.1) is 6.92 Å². The van der Waals surface area contributed by atoms with Crippen LogP contribution in [0.3, 0.4) is 0 Å². The molecule has 0 spiro atoms. The molecular formula is C25H29N5O. The first-order valence-electron chi connectivity index (χ1n) is 10.8. The van der Waals surface area contributed by atoms with E-state index in [0.717, 1.165) is 29.9 Å². The average molecular weight is 416 g/mol. The van der Waals surface area contributed by atoms with Crippen molar-refractivity contribution in [1.29, 1.82) is 0 Å². The van der Waals surface area contributed by atoms with Crippen molar-refractivity contribution < 1.29 is 4.79 Å². The number of carbonyl (C=O) groups excluding carboxylic acids is 1. The Morgan fingerprint density at radius 3 is 2.58 bits per heavy atom. The van der Waals surface area contributed by atoms with Crippen molar-refractivity contribution in [3.8, 4) is 11.3 Å². The van der Waals surface area contributed by atoms with E-state index in [2.05, 4.69) is 63.7 Å². The maximum atomic E-state index is 12.4. The van der Waals surface area contributed by atoms with E-state index >= 15 is 0 Å². The van der Waals surface area contributed by atoms with Gasteiger partial charge in [0.15, 0.2) is 0 Å².